The van der Waals surface area contributed by atoms with Crippen molar-refractivity contribution in [2.45, 2.75) is 33.2 Å². The Hall–Kier alpha value is -2.14. The summed E-state index contributed by atoms with van der Waals surface area (Å²) >= 11 is 0. The fraction of sp³-hybridized carbons (Fsp3) is 0.524. The molecule has 0 radical (unpaired) electrons. The lowest BCUT2D eigenvalue weighted by molar-refractivity contribution is 0.0733. The molecule has 5 heteroatoms. The molecular weight excluding hydrogens is 326 g/mol. The summed E-state index contributed by atoms with van der Waals surface area (Å²) in [5.74, 6) is 2.04. The minimum atomic E-state index is -0.00436. The Morgan fingerprint density at radius 1 is 1.23 bits per heavy atom. The van der Waals surface area contributed by atoms with E-state index in [4.69, 9.17) is 4.42 Å². The molecule has 0 unspecified atom stereocenters. The van der Waals surface area contributed by atoms with Crippen molar-refractivity contribution in [3.05, 3.63) is 52.7 Å². The van der Waals surface area contributed by atoms with Gasteiger partial charge in [0.05, 0.1) is 5.69 Å². The number of oxazole rings is 1. The molecule has 1 aromatic carbocycles. The van der Waals surface area contributed by atoms with Gasteiger partial charge in [-0.2, -0.15) is 0 Å². The molecule has 0 saturated carbocycles. The van der Waals surface area contributed by atoms with E-state index in [1.165, 1.54) is 11.1 Å². The fourth-order valence-corrected chi connectivity index (χ4v) is 4.76. The largest absolute Gasteiger partial charge is 0.435 e. The van der Waals surface area contributed by atoms with Crippen LogP contribution in [0.5, 0.6) is 0 Å². The molecule has 3 heterocycles. The minimum Gasteiger partial charge on any atom is -0.435 e. The predicted molar refractivity (Wildman–Crippen MR) is 100 cm³/mol. The monoisotopic (exact) mass is 353 g/mol. The summed E-state index contributed by atoms with van der Waals surface area (Å²) in [6, 6.07) is 9.00. The van der Waals surface area contributed by atoms with Crippen molar-refractivity contribution in [1.29, 1.82) is 0 Å². The molecule has 0 aliphatic carbocycles. The Bertz CT molecular complexity index is 828. The number of fused-ring (bicyclic) bond motifs is 1. The third-order valence-electron chi connectivity index (χ3n) is 6.03. The van der Waals surface area contributed by atoms with Gasteiger partial charge < -0.3 is 9.32 Å². The average molecular weight is 353 g/mol. The molecule has 0 bridgehead atoms. The maximum atomic E-state index is 13.0. The van der Waals surface area contributed by atoms with E-state index in [1.807, 2.05) is 18.7 Å². The molecule has 5 nitrogen and oxygen atoms in total. The summed E-state index contributed by atoms with van der Waals surface area (Å²) in [5, 5.41) is 0. The number of hydrogen-bond donors (Lipinski definition) is 0. The number of carbonyl (C=O) groups is 1. The van der Waals surface area contributed by atoms with Gasteiger partial charge in [0.15, 0.2) is 5.89 Å². The molecule has 0 N–H and O–H groups in total. The first kappa shape index (κ1) is 17.3. The number of rotatable bonds is 3. The summed E-state index contributed by atoms with van der Waals surface area (Å²) in [6.07, 6.45) is 0.708. The van der Waals surface area contributed by atoms with Gasteiger partial charge in [-0.1, -0.05) is 31.2 Å². The molecular formula is C21H27N3O2. The summed E-state index contributed by atoms with van der Waals surface area (Å²) < 4.78 is 5.70. The zero-order valence-electron chi connectivity index (χ0n) is 16.0. The van der Waals surface area contributed by atoms with Crippen molar-refractivity contribution in [3.63, 3.8) is 0 Å². The summed E-state index contributed by atoms with van der Waals surface area (Å²) in [4.78, 5) is 21.8. The number of hydrogen-bond acceptors (Lipinski definition) is 4. The Kier molecular flexibility index (Phi) is 4.35. The first-order valence-electron chi connectivity index (χ1n) is 9.51. The van der Waals surface area contributed by atoms with Gasteiger partial charge in [0, 0.05) is 38.0 Å². The molecule has 0 spiro atoms. The maximum Gasteiger partial charge on any atom is 0.291 e. The van der Waals surface area contributed by atoms with E-state index in [1.54, 1.807) is 0 Å². The minimum absolute atomic E-state index is 0.00436. The van der Waals surface area contributed by atoms with E-state index in [2.05, 4.69) is 48.1 Å². The summed E-state index contributed by atoms with van der Waals surface area (Å²) in [6.45, 7) is 8.65. The van der Waals surface area contributed by atoms with Crippen LogP contribution in [0.15, 0.2) is 28.7 Å². The van der Waals surface area contributed by atoms with Crippen molar-refractivity contribution < 1.29 is 9.21 Å². The van der Waals surface area contributed by atoms with Crippen LogP contribution in [0.3, 0.4) is 0 Å². The van der Waals surface area contributed by atoms with Gasteiger partial charge in [-0.15, -0.1) is 0 Å². The second-order valence-electron chi connectivity index (χ2n) is 7.75. The van der Waals surface area contributed by atoms with E-state index in [9.17, 15) is 4.79 Å². The Morgan fingerprint density at radius 2 is 2.00 bits per heavy atom. The molecule has 3 atom stereocenters. The second-order valence-corrected chi connectivity index (χ2v) is 7.75. The highest BCUT2D eigenvalue weighted by Crippen LogP contribution is 2.45. The van der Waals surface area contributed by atoms with Gasteiger partial charge in [0.2, 0.25) is 5.76 Å². The molecule has 2 aliphatic heterocycles. The number of benzene rings is 1. The molecule has 2 fully saturated rings. The zero-order valence-corrected chi connectivity index (χ0v) is 16.0. The standard InChI is InChI=1S/C21H27N3O2/c1-5-18-22-14(3)20(26-18)21(25)24-11-15-10-23(4)19(17(15)12-24)16-9-7-6-8-13(16)2/h6-9,15,17,19H,5,10-12H2,1-4H3/t15-,17+,19-/m0/s1. The topological polar surface area (TPSA) is 49.6 Å². The first-order chi connectivity index (χ1) is 12.5. The SMILES string of the molecule is CCc1nc(C)c(C(=O)N2C[C@@H]3CN(C)[C@@H](c4ccccc4C)[C@@H]3C2)o1. The van der Waals surface area contributed by atoms with Gasteiger partial charge in [-0.3, -0.25) is 9.69 Å². The van der Waals surface area contributed by atoms with E-state index >= 15 is 0 Å². The number of aromatic nitrogens is 1. The second kappa shape index (κ2) is 6.54. The fourth-order valence-electron chi connectivity index (χ4n) is 4.76. The van der Waals surface area contributed by atoms with Gasteiger partial charge in [-0.25, -0.2) is 4.98 Å². The first-order valence-corrected chi connectivity index (χ1v) is 9.51. The summed E-state index contributed by atoms with van der Waals surface area (Å²) in [7, 11) is 2.20. The smallest absolute Gasteiger partial charge is 0.291 e. The van der Waals surface area contributed by atoms with Crippen LogP contribution in [0.1, 0.15) is 46.2 Å². The highest BCUT2D eigenvalue weighted by Gasteiger charge is 2.48. The molecule has 4 rings (SSSR count). The highest BCUT2D eigenvalue weighted by molar-refractivity contribution is 5.92. The van der Waals surface area contributed by atoms with Crippen molar-refractivity contribution in [2.75, 3.05) is 26.7 Å². The lowest BCUT2D eigenvalue weighted by Crippen LogP contribution is -2.33. The molecule has 138 valence electrons. The summed E-state index contributed by atoms with van der Waals surface area (Å²) in [5.41, 5.74) is 3.42. The van der Waals surface area contributed by atoms with E-state index < -0.39 is 0 Å². The predicted octanol–water partition coefficient (Wildman–Crippen LogP) is 3.23. The van der Waals surface area contributed by atoms with Crippen molar-refractivity contribution in [3.8, 4) is 0 Å². The quantitative estimate of drug-likeness (QED) is 0.850. The van der Waals surface area contributed by atoms with Crippen LogP contribution in [0.2, 0.25) is 0 Å². The third-order valence-corrected chi connectivity index (χ3v) is 6.03. The Labute approximate surface area is 155 Å². The molecule has 26 heavy (non-hydrogen) atoms. The van der Waals surface area contributed by atoms with Crippen LogP contribution in [0.4, 0.5) is 0 Å². The van der Waals surface area contributed by atoms with Gasteiger partial charge in [0.1, 0.15) is 0 Å². The number of nitrogens with zero attached hydrogens (tertiary/aromatic N) is 3. The lowest BCUT2D eigenvalue weighted by Gasteiger charge is -2.27. The normalized spacial score (nSPS) is 25.7. The molecule has 2 aromatic rings. The van der Waals surface area contributed by atoms with Crippen molar-refractivity contribution >= 4 is 5.91 Å². The van der Waals surface area contributed by atoms with Crippen LogP contribution in [-0.2, 0) is 6.42 Å². The number of carbonyl (C=O) groups excluding carboxylic acids is 1. The molecule has 2 aliphatic rings. The van der Waals surface area contributed by atoms with Crippen LogP contribution in [0, 0.1) is 25.7 Å². The van der Waals surface area contributed by atoms with E-state index in [0.717, 1.165) is 19.6 Å². The van der Waals surface area contributed by atoms with Crippen LogP contribution in [0.25, 0.3) is 0 Å². The Morgan fingerprint density at radius 3 is 2.69 bits per heavy atom. The number of aryl methyl sites for hydroxylation is 3. The van der Waals surface area contributed by atoms with Gasteiger partial charge in [-0.05, 0) is 37.9 Å². The third kappa shape index (κ3) is 2.75. The zero-order chi connectivity index (χ0) is 18.4. The van der Waals surface area contributed by atoms with Gasteiger partial charge in [0.25, 0.3) is 5.91 Å². The van der Waals surface area contributed by atoms with Crippen molar-refractivity contribution in [2.24, 2.45) is 11.8 Å². The molecule has 2 saturated heterocycles. The number of likely N-dealkylation sites (tertiary alicyclic amines) is 2. The van der Waals surface area contributed by atoms with Crippen LogP contribution < -0.4 is 0 Å². The van der Waals surface area contributed by atoms with E-state index in [0.29, 0.717) is 41.6 Å². The van der Waals surface area contributed by atoms with Crippen molar-refractivity contribution in [1.82, 2.24) is 14.8 Å². The van der Waals surface area contributed by atoms with Crippen LogP contribution >= 0.6 is 0 Å². The van der Waals surface area contributed by atoms with E-state index in [-0.39, 0.29) is 5.91 Å². The molecule has 1 amide bonds. The Balaban J connectivity index is 1.57. The lowest BCUT2D eigenvalue weighted by atomic mass is 9.88. The highest BCUT2D eigenvalue weighted by atomic mass is 16.4. The number of amides is 1. The molecule has 1 aromatic heterocycles. The van der Waals surface area contributed by atoms with Crippen LogP contribution in [-0.4, -0.2) is 47.4 Å². The average Bonchev–Trinajstić information content (AvgIpc) is 3.27. The van der Waals surface area contributed by atoms with Gasteiger partial charge >= 0.3 is 0 Å². The maximum absolute atomic E-state index is 13.0.